The van der Waals surface area contributed by atoms with Crippen molar-refractivity contribution in [1.82, 2.24) is 4.98 Å². The predicted molar refractivity (Wildman–Crippen MR) is 95.9 cm³/mol. The van der Waals surface area contributed by atoms with E-state index in [1.807, 2.05) is 54.6 Å². The molecule has 4 heteroatoms. The number of benzene rings is 2. The maximum atomic E-state index is 12.3. The van der Waals surface area contributed by atoms with E-state index in [-0.39, 0.29) is 5.97 Å². The monoisotopic (exact) mass is 403 g/mol. The molecule has 0 saturated heterocycles. The van der Waals surface area contributed by atoms with Gasteiger partial charge in [-0.15, -0.1) is 0 Å². The van der Waals surface area contributed by atoms with Gasteiger partial charge < -0.3 is 4.74 Å². The van der Waals surface area contributed by atoms with Gasteiger partial charge in [-0.2, -0.15) is 0 Å². The largest absolute Gasteiger partial charge is 0.462 e. The minimum Gasteiger partial charge on any atom is -0.462 e. The molecule has 0 spiro atoms. The van der Waals surface area contributed by atoms with E-state index in [4.69, 9.17) is 4.74 Å². The molecule has 0 saturated carbocycles. The van der Waals surface area contributed by atoms with E-state index < -0.39 is 0 Å². The summed E-state index contributed by atoms with van der Waals surface area (Å²) in [5.41, 5.74) is 2.46. The van der Waals surface area contributed by atoms with Crippen LogP contribution in [0.3, 0.4) is 0 Å². The Kier molecular flexibility index (Phi) is 4.38. The second-order valence-electron chi connectivity index (χ2n) is 4.76. The fraction of sp³-hybridized carbons (Fsp3) is 0.111. The van der Waals surface area contributed by atoms with Gasteiger partial charge in [-0.25, -0.2) is 9.78 Å². The molecule has 0 N–H and O–H groups in total. The number of pyridine rings is 1. The van der Waals surface area contributed by atoms with E-state index in [2.05, 4.69) is 27.6 Å². The van der Waals surface area contributed by atoms with Gasteiger partial charge in [0.25, 0.3) is 0 Å². The van der Waals surface area contributed by atoms with Crippen molar-refractivity contribution >= 4 is 39.3 Å². The third kappa shape index (κ3) is 2.70. The van der Waals surface area contributed by atoms with Crippen molar-refractivity contribution in [3.63, 3.8) is 0 Å². The van der Waals surface area contributed by atoms with Gasteiger partial charge in [-0.3, -0.25) is 0 Å². The van der Waals surface area contributed by atoms with Crippen molar-refractivity contribution in [1.29, 1.82) is 0 Å². The Hall–Kier alpha value is -1.95. The Labute approximate surface area is 142 Å². The maximum Gasteiger partial charge on any atom is 0.341 e. The summed E-state index contributed by atoms with van der Waals surface area (Å²) in [5.74, 6) is -0.324. The van der Waals surface area contributed by atoms with Crippen LogP contribution in [0.4, 0.5) is 0 Å². The van der Waals surface area contributed by atoms with Crippen LogP contribution < -0.4 is 0 Å². The molecule has 3 rings (SSSR count). The van der Waals surface area contributed by atoms with Gasteiger partial charge >= 0.3 is 5.97 Å². The van der Waals surface area contributed by atoms with Crippen LogP contribution in [0.2, 0.25) is 0 Å². The summed E-state index contributed by atoms with van der Waals surface area (Å²) in [6.45, 7) is 2.16. The van der Waals surface area contributed by atoms with Gasteiger partial charge in [0.05, 0.1) is 17.9 Å². The number of aromatic nitrogens is 1. The van der Waals surface area contributed by atoms with E-state index in [0.29, 0.717) is 15.9 Å². The number of carbonyl (C=O) groups is 1. The van der Waals surface area contributed by atoms with Crippen molar-refractivity contribution in [3.8, 4) is 11.3 Å². The zero-order valence-electron chi connectivity index (χ0n) is 12.0. The smallest absolute Gasteiger partial charge is 0.341 e. The van der Waals surface area contributed by atoms with Crippen LogP contribution in [0.1, 0.15) is 17.3 Å². The molecule has 0 bridgehead atoms. The molecule has 1 heterocycles. The summed E-state index contributed by atoms with van der Waals surface area (Å²) in [4.78, 5) is 16.9. The van der Waals surface area contributed by atoms with Gasteiger partial charge in [0.1, 0.15) is 3.70 Å². The normalized spacial score (nSPS) is 10.6. The zero-order chi connectivity index (χ0) is 15.5. The first kappa shape index (κ1) is 15.0. The molecule has 0 aliphatic rings. The van der Waals surface area contributed by atoms with Crippen molar-refractivity contribution in [3.05, 3.63) is 63.9 Å². The number of esters is 1. The van der Waals surface area contributed by atoms with Crippen LogP contribution in [0.5, 0.6) is 0 Å². The van der Waals surface area contributed by atoms with Crippen LogP contribution in [-0.2, 0) is 4.74 Å². The maximum absolute atomic E-state index is 12.3. The highest BCUT2D eigenvalue weighted by Crippen LogP contribution is 2.31. The Morgan fingerprint density at radius 3 is 2.36 bits per heavy atom. The molecule has 2 aromatic carbocycles. The fourth-order valence-electron chi connectivity index (χ4n) is 2.45. The first-order chi connectivity index (χ1) is 10.7. The standard InChI is InChI=1S/C18H14INO2/c1-2-22-18(21)15-13-10-6-7-11-14(13)16(20-17(15)19)12-8-4-3-5-9-12/h3-11H,2H2,1H3. The molecule has 22 heavy (non-hydrogen) atoms. The molecule has 0 amide bonds. The van der Waals surface area contributed by atoms with E-state index in [1.54, 1.807) is 6.92 Å². The Morgan fingerprint density at radius 1 is 1.05 bits per heavy atom. The Morgan fingerprint density at radius 2 is 1.68 bits per heavy atom. The van der Waals surface area contributed by atoms with E-state index in [9.17, 15) is 4.79 Å². The molecule has 0 atom stereocenters. The third-order valence-electron chi connectivity index (χ3n) is 3.39. The predicted octanol–water partition coefficient (Wildman–Crippen LogP) is 4.68. The topological polar surface area (TPSA) is 39.2 Å². The Bertz CT molecular complexity index is 831. The number of fused-ring (bicyclic) bond motifs is 1. The Balaban J connectivity index is 2.30. The van der Waals surface area contributed by atoms with Gasteiger partial charge in [0.15, 0.2) is 0 Å². The number of rotatable bonds is 3. The number of hydrogen-bond acceptors (Lipinski definition) is 3. The summed E-state index contributed by atoms with van der Waals surface area (Å²) >= 11 is 2.10. The second kappa shape index (κ2) is 6.44. The molecule has 0 fully saturated rings. The number of halogens is 1. The SMILES string of the molecule is CCOC(=O)c1c(I)nc(-c2ccccc2)c2ccccc12. The molecule has 0 aliphatic heterocycles. The quantitative estimate of drug-likeness (QED) is 0.362. The lowest BCUT2D eigenvalue weighted by Gasteiger charge is -2.12. The zero-order valence-corrected chi connectivity index (χ0v) is 14.2. The first-order valence-electron chi connectivity index (χ1n) is 7.03. The number of ether oxygens (including phenoxy) is 1. The van der Waals surface area contributed by atoms with Gasteiger partial charge in [0, 0.05) is 16.3 Å². The second-order valence-corrected chi connectivity index (χ2v) is 5.78. The average Bonchev–Trinajstić information content (AvgIpc) is 2.55. The molecule has 3 nitrogen and oxygen atoms in total. The van der Waals surface area contributed by atoms with Gasteiger partial charge in [0.2, 0.25) is 0 Å². The van der Waals surface area contributed by atoms with Crippen molar-refractivity contribution in [2.45, 2.75) is 6.92 Å². The average molecular weight is 403 g/mol. The molecular weight excluding hydrogens is 389 g/mol. The highest BCUT2D eigenvalue weighted by molar-refractivity contribution is 14.1. The molecule has 0 unspecified atom stereocenters. The molecule has 1 aromatic heterocycles. The number of carbonyl (C=O) groups excluding carboxylic acids is 1. The number of hydrogen-bond donors (Lipinski definition) is 0. The van der Waals surface area contributed by atoms with E-state index in [0.717, 1.165) is 22.0 Å². The third-order valence-corrected chi connectivity index (χ3v) is 4.18. The fourth-order valence-corrected chi connectivity index (χ4v) is 3.20. The molecule has 0 aliphatic carbocycles. The van der Waals surface area contributed by atoms with Crippen LogP contribution >= 0.6 is 22.6 Å². The van der Waals surface area contributed by atoms with Crippen LogP contribution in [0.15, 0.2) is 54.6 Å². The summed E-state index contributed by atoms with van der Waals surface area (Å²) in [7, 11) is 0. The van der Waals surface area contributed by atoms with Gasteiger partial charge in [-0.1, -0.05) is 54.6 Å². The highest BCUT2D eigenvalue weighted by atomic mass is 127. The summed E-state index contributed by atoms with van der Waals surface area (Å²) in [6.07, 6.45) is 0. The van der Waals surface area contributed by atoms with Crippen LogP contribution in [0, 0.1) is 3.70 Å². The van der Waals surface area contributed by atoms with E-state index >= 15 is 0 Å². The highest BCUT2D eigenvalue weighted by Gasteiger charge is 2.19. The first-order valence-corrected chi connectivity index (χ1v) is 8.11. The molecule has 110 valence electrons. The summed E-state index contributed by atoms with van der Waals surface area (Å²) in [6, 6.07) is 17.8. The lowest BCUT2D eigenvalue weighted by atomic mass is 10.0. The lowest BCUT2D eigenvalue weighted by molar-refractivity contribution is 0.0527. The van der Waals surface area contributed by atoms with Crippen molar-refractivity contribution in [2.75, 3.05) is 6.61 Å². The molecule has 0 radical (unpaired) electrons. The van der Waals surface area contributed by atoms with Crippen LogP contribution in [0.25, 0.3) is 22.0 Å². The molecular formula is C18H14INO2. The van der Waals surface area contributed by atoms with Crippen molar-refractivity contribution in [2.24, 2.45) is 0 Å². The minimum absolute atomic E-state index is 0.324. The van der Waals surface area contributed by atoms with Crippen LogP contribution in [-0.4, -0.2) is 17.6 Å². The van der Waals surface area contributed by atoms with Gasteiger partial charge in [-0.05, 0) is 29.5 Å². The summed E-state index contributed by atoms with van der Waals surface area (Å²) in [5, 5.41) is 1.83. The van der Waals surface area contributed by atoms with Crippen molar-refractivity contribution < 1.29 is 9.53 Å². The lowest BCUT2D eigenvalue weighted by Crippen LogP contribution is -2.09. The van der Waals surface area contributed by atoms with E-state index in [1.165, 1.54) is 0 Å². The number of nitrogens with zero attached hydrogens (tertiary/aromatic N) is 1. The molecule has 3 aromatic rings. The minimum atomic E-state index is -0.324. The summed E-state index contributed by atoms with van der Waals surface area (Å²) < 4.78 is 5.84.